The molecule has 0 amide bonds. The molecule has 0 spiro atoms. The van der Waals surface area contributed by atoms with E-state index in [9.17, 15) is 8.42 Å². The third-order valence-electron chi connectivity index (χ3n) is 4.41. The summed E-state index contributed by atoms with van der Waals surface area (Å²) in [7, 11) is -1.76. The Bertz CT molecular complexity index is 748. The molecular weight excluding hydrogens is 344 g/mol. The number of sulfonamides is 1. The molecule has 0 saturated carbocycles. The van der Waals surface area contributed by atoms with Gasteiger partial charge in [-0.3, -0.25) is 0 Å². The number of benzene rings is 2. The van der Waals surface area contributed by atoms with E-state index in [0.717, 1.165) is 36.7 Å². The average Bonchev–Trinajstić information content (AvgIpc) is 2.71. The minimum Gasteiger partial charge on any atom is -0.317 e. The summed E-state index contributed by atoms with van der Waals surface area (Å²) in [6.45, 7) is 10.5. The maximum absolute atomic E-state index is 12.9. The Morgan fingerprint density at radius 2 is 1.54 bits per heavy atom. The molecule has 4 nitrogen and oxygen atoms in total. The Balaban J connectivity index is 0.000000791. The summed E-state index contributed by atoms with van der Waals surface area (Å²) in [4.78, 5) is 0.405. The number of piperidine rings is 1. The van der Waals surface area contributed by atoms with Crippen molar-refractivity contribution in [3.05, 3.63) is 42.5 Å². The van der Waals surface area contributed by atoms with Gasteiger partial charge in [-0.05, 0) is 43.3 Å². The molecule has 0 bridgehead atoms. The van der Waals surface area contributed by atoms with Gasteiger partial charge in [0.05, 0.1) is 4.90 Å². The Morgan fingerprint density at radius 1 is 0.962 bits per heavy atom. The fraction of sp³-hybridized carbons (Fsp3) is 0.524. The van der Waals surface area contributed by atoms with E-state index in [1.165, 1.54) is 4.31 Å². The Hall–Kier alpha value is -1.43. The molecule has 5 heteroatoms. The largest absolute Gasteiger partial charge is 0.317 e. The van der Waals surface area contributed by atoms with Crippen LogP contribution in [0, 0.1) is 5.92 Å². The van der Waals surface area contributed by atoms with Crippen LogP contribution in [0.15, 0.2) is 47.4 Å². The number of fused-ring (bicyclic) bond motifs is 1. The van der Waals surface area contributed by atoms with Gasteiger partial charge < -0.3 is 5.32 Å². The Labute approximate surface area is 159 Å². The zero-order valence-electron chi connectivity index (χ0n) is 16.8. The molecule has 0 unspecified atom stereocenters. The molecule has 1 N–H and O–H groups in total. The molecule has 1 heterocycles. The van der Waals surface area contributed by atoms with Crippen molar-refractivity contribution in [1.82, 2.24) is 9.62 Å². The molecule has 1 saturated heterocycles. The highest BCUT2D eigenvalue weighted by molar-refractivity contribution is 7.89. The van der Waals surface area contributed by atoms with Crippen LogP contribution in [0.4, 0.5) is 0 Å². The molecule has 2 aromatic carbocycles. The fourth-order valence-corrected chi connectivity index (χ4v) is 4.57. The Morgan fingerprint density at radius 3 is 2.19 bits per heavy atom. The molecule has 26 heavy (non-hydrogen) atoms. The van der Waals surface area contributed by atoms with Crippen molar-refractivity contribution in [1.29, 1.82) is 0 Å². The summed E-state index contributed by atoms with van der Waals surface area (Å²) in [6.07, 6.45) is 2.07. The van der Waals surface area contributed by atoms with Gasteiger partial charge in [-0.2, -0.15) is 0 Å². The van der Waals surface area contributed by atoms with Crippen LogP contribution in [0.5, 0.6) is 0 Å². The molecule has 146 valence electrons. The number of nitrogens with zero attached hydrogens (tertiary/aromatic N) is 1. The van der Waals surface area contributed by atoms with E-state index in [-0.39, 0.29) is 0 Å². The SMILES string of the molecule is CC.CC.CN(CC1CCNCC1)S(=O)(=O)c1cccc2ccccc12. The molecule has 2 aromatic rings. The number of hydrogen-bond acceptors (Lipinski definition) is 3. The molecule has 0 atom stereocenters. The molecule has 3 rings (SSSR count). The molecule has 1 fully saturated rings. The first-order valence-corrected chi connectivity index (χ1v) is 11.2. The van der Waals surface area contributed by atoms with Gasteiger partial charge >= 0.3 is 0 Å². The maximum Gasteiger partial charge on any atom is 0.243 e. The van der Waals surface area contributed by atoms with Crippen LogP contribution < -0.4 is 5.32 Å². The molecule has 0 aliphatic carbocycles. The van der Waals surface area contributed by atoms with Gasteiger partial charge in [0.2, 0.25) is 10.0 Å². The summed E-state index contributed by atoms with van der Waals surface area (Å²) in [6, 6.07) is 13.1. The summed E-state index contributed by atoms with van der Waals surface area (Å²) in [5.41, 5.74) is 0. The van der Waals surface area contributed by atoms with E-state index in [2.05, 4.69) is 5.32 Å². The highest BCUT2D eigenvalue weighted by atomic mass is 32.2. The van der Waals surface area contributed by atoms with Crippen molar-refractivity contribution in [3.63, 3.8) is 0 Å². The predicted molar refractivity (Wildman–Crippen MR) is 112 cm³/mol. The molecule has 1 aliphatic heterocycles. The quantitative estimate of drug-likeness (QED) is 0.851. The molecule has 0 radical (unpaired) electrons. The van der Waals surface area contributed by atoms with Crippen LogP contribution in [0.1, 0.15) is 40.5 Å². The van der Waals surface area contributed by atoms with Gasteiger partial charge in [-0.25, -0.2) is 12.7 Å². The van der Waals surface area contributed by atoms with Gasteiger partial charge in [0.15, 0.2) is 0 Å². The normalized spacial score (nSPS) is 15.0. The van der Waals surface area contributed by atoms with E-state index in [4.69, 9.17) is 0 Å². The summed E-state index contributed by atoms with van der Waals surface area (Å²) >= 11 is 0. The predicted octanol–water partition coefficient (Wildman–Crippen LogP) is 4.51. The maximum atomic E-state index is 12.9. The molecule has 1 aliphatic rings. The standard InChI is InChI=1S/C17H22N2O2S.2C2H6/c1-19(13-14-9-11-18-12-10-14)22(20,21)17-8-4-6-15-5-2-3-7-16(15)17;2*1-2/h2-8,14,18H,9-13H2,1H3;2*1-2H3. The first-order chi connectivity index (χ1) is 12.6. The van der Waals surface area contributed by atoms with E-state index in [0.29, 0.717) is 17.4 Å². The highest BCUT2D eigenvalue weighted by Crippen LogP contribution is 2.26. The second-order valence-corrected chi connectivity index (χ2v) is 7.97. The van der Waals surface area contributed by atoms with E-state index >= 15 is 0 Å². The average molecular weight is 379 g/mol. The summed E-state index contributed by atoms with van der Waals surface area (Å²) in [5.74, 6) is 0.441. The Kier molecular flexibility index (Phi) is 9.84. The summed E-state index contributed by atoms with van der Waals surface area (Å²) in [5, 5.41) is 5.07. The van der Waals surface area contributed by atoms with Gasteiger partial charge in [0.1, 0.15) is 0 Å². The minimum absolute atomic E-state index is 0.405. The third kappa shape index (κ3) is 5.53. The lowest BCUT2D eigenvalue weighted by atomic mass is 9.98. The van der Waals surface area contributed by atoms with Crippen LogP contribution in [-0.4, -0.2) is 39.4 Å². The van der Waals surface area contributed by atoms with Gasteiger partial charge in [0, 0.05) is 19.0 Å². The van der Waals surface area contributed by atoms with Gasteiger partial charge in [-0.15, -0.1) is 0 Å². The first-order valence-electron chi connectivity index (χ1n) is 9.74. The molecular formula is C21H34N2O2S. The lowest BCUT2D eigenvalue weighted by Crippen LogP contribution is -2.37. The van der Waals surface area contributed by atoms with E-state index in [1.807, 2.05) is 64.1 Å². The van der Waals surface area contributed by atoms with E-state index < -0.39 is 10.0 Å². The lowest BCUT2D eigenvalue weighted by molar-refractivity contribution is 0.311. The monoisotopic (exact) mass is 378 g/mol. The zero-order valence-corrected chi connectivity index (χ0v) is 17.6. The van der Waals surface area contributed by atoms with Crippen LogP contribution in [-0.2, 0) is 10.0 Å². The van der Waals surface area contributed by atoms with E-state index in [1.54, 1.807) is 13.1 Å². The number of rotatable bonds is 4. The third-order valence-corrected chi connectivity index (χ3v) is 6.29. The second-order valence-electron chi connectivity index (χ2n) is 5.96. The van der Waals surface area contributed by atoms with Crippen molar-refractivity contribution >= 4 is 20.8 Å². The first kappa shape index (κ1) is 22.6. The number of hydrogen-bond donors (Lipinski definition) is 1. The highest BCUT2D eigenvalue weighted by Gasteiger charge is 2.26. The lowest BCUT2D eigenvalue weighted by Gasteiger charge is -2.27. The molecule has 0 aromatic heterocycles. The van der Waals surface area contributed by atoms with Crippen molar-refractivity contribution in [3.8, 4) is 0 Å². The van der Waals surface area contributed by atoms with Crippen LogP contribution >= 0.6 is 0 Å². The summed E-state index contributed by atoms with van der Waals surface area (Å²) < 4.78 is 27.4. The topological polar surface area (TPSA) is 49.4 Å². The fourth-order valence-electron chi connectivity index (χ4n) is 3.11. The van der Waals surface area contributed by atoms with Crippen LogP contribution in [0.25, 0.3) is 10.8 Å². The second kappa shape index (κ2) is 11.3. The van der Waals surface area contributed by atoms with Crippen LogP contribution in [0.2, 0.25) is 0 Å². The van der Waals surface area contributed by atoms with Crippen molar-refractivity contribution < 1.29 is 8.42 Å². The zero-order chi connectivity index (χ0) is 19.6. The van der Waals surface area contributed by atoms with Crippen molar-refractivity contribution in [2.75, 3.05) is 26.7 Å². The van der Waals surface area contributed by atoms with Crippen LogP contribution in [0.3, 0.4) is 0 Å². The minimum atomic E-state index is -3.45. The van der Waals surface area contributed by atoms with Gasteiger partial charge in [0.25, 0.3) is 0 Å². The van der Waals surface area contributed by atoms with Crippen molar-refractivity contribution in [2.45, 2.75) is 45.4 Å². The smallest absolute Gasteiger partial charge is 0.243 e. The van der Waals surface area contributed by atoms with Crippen molar-refractivity contribution in [2.24, 2.45) is 5.92 Å². The number of nitrogens with one attached hydrogen (secondary N) is 1. The van der Waals surface area contributed by atoms with Gasteiger partial charge in [-0.1, -0.05) is 64.1 Å².